The van der Waals surface area contributed by atoms with Gasteiger partial charge in [-0.3, -0.25) is 4.79 Å². The molecule has 2 aromatic heterocycles. The number of thiazole rings is 1. The van der Waals surface area contributed by atoms with Crippen LogP contribution < -0.4 is 5.32 Å². The lowest BCUT2D eigenvalue weighted by Gasteiger charge is -2.06. The molecule has 6 heteroatoms. The van der Waals surface area contributed by atoms with Crippen LogP contribution in [-0.2, 0) is 0 Å². The number of phenolic OH excluding ortho intramolecular Hbond substituents is 1. The molecule has 0 unspecified atom stereocenters. The molecule has 2 heterocycles. The fraction of sp³-hybridized carbons (Fsp3) is 0.118. The molecule has 0 aliphatic rings. The topological polar surface area (TPSA) is 75.1 Å². The molecular weight excluding hydrogens is 310 g/mol. The Morgan fingerprint density at radius 2 is 1.96 bits per heavy atom. The second-order valence-electron chi connectivity index (χ2n) is 5.09. The van der Waals surface area contributed by atoms with Crippen LogP contribution in [-0.4, -0.2) is 20.9 Å². The molecule has 0 aliphatic heterocycles. The minimum Gasteiger partial charge on any atom is -0.508 e. The van der Waals surface area contributed by atoms with Crippen LogP contribution in [0.3, 0.4) is 0 Å². The predicted octanol–water partition coefficient (Wildman–Crippen LogP) is 4.17. The second kappa shape index (κ2) is 6.18. The summed E-state index contributed by atoms with van der Waals surface area (Å²) >= 11 is 1.39. The van der Waals surface area contributed by atoms with E-state index in [0.29, 0.717) is 10.7 Å². The van der Waals surface area contributed by atoms with Crippen molar-refractivity contribution in [1.82, 2.24) is 9.97 Å². The first-order valence-corrected chi connectivity index (χ1v) is 7.85. The Labute approximate surface area is 137 Å². The van der Waals surface area contributed by atoms with Gasteiger partial charge in [0.1, 0.15) is 16.6 Å². The van der Waals surface area contributed by atoms with Crippen LogP contribution >= 0.6 is 11.3 Å². The summed E-state index contributed by atoms with van der Waals surface area (Å²) in [5.41, 5.74) is 2.48. The molecule has 0 amide bonds. The number of rotatable bonds is 4. The fourth-order valence-electron chi connectivity index (χ4n) is 2.17. The van der Waals surface area contributed by atoms with Crippen molar-refractivity contribution < 1.29 is 9.90 Å². The number of aromatic nitrogens is 2. The lowest BCUT2D eigenvalue weighted by atomic mass is 10.2. The smallest absolute Gasteiger partial charge is 0.171 e. The summed E-state index contributed by atoms with van der Waals surface area (Å²) in [7, 11) is 0. The van der Waals surface area contributed by atoms with E-state index in [1.54, 1.807) is 37.4 Å². The van der Waals surface area contributed by atoms with Crippen LogP contribution in [0.25, 0.3) is 10.6 Å². The number of aromatic hydroxyl groups is 1. The van der Waals surface area contributed by atoms with Crippen LogP contribution in [0, 0.1) is 6.92 Å². The minimum absolute atomic E-state index is 0.0303. The maximum Gasteiger partial charge on any atom is 0.171 e. The summed E-state index contributed by atoms with van der Waals surface area (Å²) in [6.07, 6.45) is 1.70. The summed E-state index contributed by atoms with van der Waals surface area (Å²) < 4.78 is 0. The molecule has 3 aromatic rings. The Hall–Kier alpha value is -2.73. The molecule has 0 saturated carbocycles. The first kappa shape index (κ1) is 15.2. The average molecular weight is 325 g/mol. The van der Waals surface area contributed by atoms with Crippen molar-refractivity contribution in [3.63, 3.8) is 0 Å². The van der Waals surface area contributed by atoms with Crippen LogP contribution in [0.1, 0.15) is 22.3 Å². The zero-order valence-corrected chi connectivity index (χ0v) is 13.5. The summed E-state index contributed by atoms with van der Waals surface area (Å²) in [5.74, 6) is 0.917. The van der Waals surface area contributed by atoms with Gasteiger partial charge in [0.25, 0.3) is 0 Å². The van der Waals surface area contributed by atoms with E-state index < -0.39 is 0 Å². The molecule has 0 atom stereocenters. The molecule has 5 nitrogen and oxygen atoms in total. The van der Waals surface area contributed by atoms with Crippen molar-refractivity contribution in [3.8, 4) is 16.3 Å². The Morgan fingerprint density at radius 3 is 2.61 bits per heavy atom. The molecule has 0 aliphatic carbocycles. The number of anilines is 2. The highest BCUT2D eigenvalue weighted by atomic mass is 32.1. The van der Waals surface area contributed by atoms with Gasteiger partial charge in [-0.05, 0) is 43.3 Å². The lowest BCUT2D eigenvalue weighted by molar-refractivity contribution is 0.102. The first-order valence-electron chi connectivity index (χ1n) is 7.04. The van der Waals surface area contributed by atoms with Gasteiger partial charge in [0, 0.05) is 24.4 Å². The van der Waals surface area contributed by atoms with Crippen molar-refractivity contribution in [3.05, 3.63) is 53.2 Å². The molecule has 0 fully saturated rings. The van der Waals surface area contributed by atoms with E-state index in [0.717, 1.165) is 22.0 Å². The number of carbonyl (C=O) groups excluding carboxylic acids is 1. The Morgan fingerprint density at radius 1 is 1.22 bits per heavy atom. The van der Waals surface area contributed by atoms with E-state index in [1.807, 2.05) is 19.1 Å². The molecule has 3 rings (SSSR count). The van der Waals surface area contributed by atoms with Crippen molar-refractivity contribution in [2.75, 3.05) is 5.32 Å². The van der Waals surface area contributed by atoms with Gasteiger partial charge >= 0.3 is 0 Å². The zero-order valence-electron chi connectivity index (χ0n) is 12.7. The monoisotopic (exact) mass is 325 g/mol. The first-order chi connectivity index (χ1) is 11.0. The summed E-state index contributed by atoms with van der Waals surface area (Å²) in [6, 6.07) is 10.5. The molecular formula is C17H15N3O2S. The van der Waals surface area contributed by atoms with E-state index >= 15 is 0 Å². The van der Waals surface area contributed by atoms with Gasteiger partial charge in [0.15, 0.2) is 5.78 Å². The zero-order chi connectivity index (χ0) is 16.4. The van der Waals surface area contributed by atoms with Crippen molar-refractivity contribution >= 4 is 28.6 Å². The molecule has 116 valence electrons. The summed E-state index contributed by atoms with van der Waals surface area (Å²) in [6.45, 7) is 3.39. The van der Waals surface area contributed by atoms with Gasteiger partial charge in [-0.2, -0.15) is 0 Å². The van der Waals surface area contributed by atoms with Crippen LogP contribution in [0.2, 0.25) is 0 Å². The number of carbonyl (C=O) groups is 1. The number of benzene rings is 1. The highest BCUT2D eigenvalue weighted by Gasteiger charge is 2.13. The number of aryl methyl sites for hydroxylation is 1. The average Bonchev–Trinajstić information content (AvgIpc) is 2.92. The van der Waals surface area contributed by atoms with Crippen molar-refractivity contribution in [2.45, 2.75) is 13.8 Å². The number of nitrogens with zero attached hydrogens (tertiary/aromatic N) is 2. The number of ketones is 1. The van der Waals surface area contributed by atoms with E-state index in [1.165, 1.54) is 11.3 Å². The molecule has 0 spiro atoms. The number of hydrogen-bond acceptors (Lipinski definition) is 6. The molecule has 23 heavy (non-hydrogen) atoms. The van der Waals surface area contributed by atoms with Gasteiger partial charge in [-0.1, -0.05) is 0 Å². The molecule has 2 N–H and O–H groups in total. The second-order valence-corrected chi connectivity index (χ2v) is 6.09. The number of hydrogen-bond donors (Lipinski definition) is 2. The summed E-state index contributed by atoms with van der Waals surface area (Å²) in [5, 5.41) is 13.3. The SMILES string of the molecule is CC(=O)c1sc(-c2ccnc(Nc3ccc(O)cc3)c2)nc1C. The van der Waals surface area contributed by atoms with Crippen LogP contribution in [0.15, 0.2) is 42.6 Å². The van der Waals surface area contributed by atoms with Crippen molar-refractivity contribution in [1.29, 1.82) is 0 Å². The normalized spacial score (nSPS) is 10.5. The molecule has 1 aromatic carbocycles. The van der Waals surface area contributed by atoms with Gasteiger partial charge in [0.2, 0.25) is 0 Å². The standard InChI is InChI=1S/C17H15N3O2S/c1-10-16(11(2)21)23-17(19-10)12-7-8-18-15(9-12)20-13-3-5-14(22)6-4-13/h3-9,22H,1-2H3,(H,18,20). The van der Waals surface area contributed by atoms with E-state index in [4.69, 9.17) is 0 Å². The van der Waals surface area contributed by atoms with E-state index in [9.17, 15) is 9.90 Å². The fourth-order valence-corrected chi connectivity index (χ4v) is 3.13. The number of nitrogens with one attached hydrogen (secondary N) is 1. The molecule has 0 radical (unpaired) electrons. The number of pyridine rings is 1. The molecule has 0 bridgehead atoms. The quantitative estimate of drug-likeness (QED) is 0.556. The lowest BCUT2D eigenvalue weighted by Crippen LogP contribution is -1.93. The maximum absolute atomic E-state index is 11.6. The predicted molar refractivity (Wildman–Crippen MR) is 91.5 cm³/mol. The van der Waals surface area contributed by atoms with Gasteiger partial charge in [0.05, 0.1) is 10.6 Å². The maximum atomic E-state index is 11.6. The Bertz CT molecular complexity index is 857. The Kier molecular flexibility index (Phi) is 4.08. The van der Waals surface area contributed by atoms with Crippen molar-refractivity contribution in [2.24, 2.45) is 0 Å². The van der Waals surface area contributed by atoms with E-state index in [2.05, 4.69) is 15.3 Å². The number of Topliss-reactive ketones (excluding diaryl/α,β-unsaturated/α-hetero) is 1. The van der Waals surface area contributed by atoms with Crippen LogP contribution in [0.4, 0.5) is 11.5 Å². The molecule has 0 saturated heterocycles. The third kappa shape index (κ3) is 3.37. The third-order valence-electron chi connectivity index (χ3n) is 3.26. The Balaban J connectivity index is 1.89. The van der Waals surface area contributed by atoms with E-state index in [-0.39, 0.29) is 11.5 Å². The third-order valence-corrected chi connectivity index (χ3v) is 4.57. The highest BCUT2D eigenvalue weighted by Crippen LogP contribution is 2.29. The highest BCUT2D eigenvalue weighted by molar-refractivity contribution is 7.17. The van der Waals surface area contributed by atoms with Gasteiger partial charge < -0.3 is 10.4 Å². The largest absolute Gasteiger partial charge is 0.508 e. The van der Waals surface area contributed by atoms with Crippen LogP contribution in [0.5, 0.6) is 5.75 Å². The van der Waals surface area contributed by atoms with Gasteiger partial charge in [-0.25, -0.2) is 9.97 Å². The minimum atomic E-state index is 0.0303. The van der Waals surface area contributed by atoms with Gasteiger partial charge in [-0.15, -0.1) is 11.3 Å². The number of phenols is 1. The summed E-state index contributed by atoms with van der Waals surface area (Å²) in [4.78, 5) is 21.0.